The lowest BCUT2D eigenvalue weighted by molar-refractivity contribution is -0.127. The second-order valence-corrected chi connectivity index (χ2v) is 8.59. The van der Waals surface area contributed by atoms with Crippen molar-refractivity contribution in [3.8, 4) is 0 Å². The molecular formula is C17H20FIN2O3. The van der Waals surface area contributed by atoms with E-state index in [1.165, 1.54) is 6.07 Å². The van der Waals surface area contributed by atoms with Gasteiger partial charge in [-0.3, -0.25) is 0 Å². The zero-order valence-corrected chi connectivity index (χ0v) is 15.5. The Bertz CT molecular complexity index is 699. The molecule has 1 atom stereocenters. The molecule has 7 heteroatoms. The van der Waals surface area contributed by atoms with Crippen molar-refractivity contribution in [2.45, 2.75) is 6.10 Å². The molecule has 0 aliphatic carbocycles. The van der Waals surface area contributed by atoms with E-state index in [4.69, 9.17) is 9.47 Å². The Labute approximate surface area is 150 Å². The smallest absolute Gasteiger partial charge is 0.186 e. The Kier molecular flexibility index (Phi) is 4.04. The highest BCUT2D eigenvalue weighted by atomic mass is 127. The molecule has 0 saturated carbocycles. The van der Waals surface area contributed by atoms with Crippen LogP contribution in [0.15, 0.2) is 24.6 Å². The average molecular weight is 446 g/mol. The van der Waals surface area contributed by atoms with E-state index in [9.17, 15) is 9.50 Å². The number of nitrogens with zero attached hydrogens (tertiary/aromatic N) is 2. The molecule has 3 fully saturated rings. The minimum atomic E-state index is -0.524. The summed E-state index contributed by atoms with van der Waals surface area (Å²) in [6.45, 7) is 7.53. The fourth-order valence-electron chi connectivity index (χ4n) is 3.55. The highest BCUT2D eigenvalue weighted by Gasteiger charge is 2.50. The minimum absolute atomic E-state index is 0.0802. The van der Waals surface area contributed by atoms with Crippen molar-refractivity contribution in [1.82, 2.24) is 0 Å². The lowest BCUT2D eigenvalue weighted by Gasteiger charge is -2.56. The van der Waals surface area contributed by atoms with Gasteiger partial charge >= 0.3 is 0 Å². The van der Waals surface area contributed by atoms with Crippen LogP contribution in [-0.2, 0) is 9.47 Å². The SMILES string of the molecule is C=Ic1cc(N2CC(CO)OC2=C)cc(F)c1N1CC2(COC2)C1. The van der Waals surface area contributed by atoms with Gasteiger partial charge in [0.2, 0.25) is 0 Å². The van der Waals surface area contributed by atoms with Gasteiger partial charge in [-0.05, 0) is 18.7 Å². The average Bonchev–Trinajstić information content (AvgIpc) is 2.86. The van der Waals surface area contributed by atoms with E-state index in [-0.39, 0.29) is 23.9 Å². The third kappa shape index (κ3) is 2.53. The Morgan fingerprint density at radius 3 is 2.67 bits per heavy atom. The van der Waals surface area contributed by atoms with Crippen LogP contribution in [-0.4, -0.2) is 55.2 Å². The zero-order valence-electron chi connectivity index (χ0n) is 13.3. The summed E-state index contributed by atoms with van der Waals surface area (Å²) in [4.78, 5) is 3.92. The van der Waals surface area contributed by atoms with Gasteiger partial charge in [0.15, 0.2) is 5.88 Å². The molecule has 3 saturated heterocycles. The summed E-state index contributed by atoms with van der Waals surface area (Å²) in [5.74, 6) is 0.227. The molecule has 1 aromatic rings. The number of rotatable bonds is 4. The Morgan fingerprint density at radius 1 is 1.38 bits per heavy atom. The second kappa shape index (κ2) is 5.96. The van der Waals surface area contributed by atoms with Gasteiger partial charge in [-0.1, -0.05) is 25.2 Å². The molecule has 1 N–H and O–H groups in total. The predicted molar refractivity (Wildman–Crippen MR) is 100 cm³/mol. The molecule has 3 aliphatic heterocycles. The maximum Gasteiger partial charge on any atom is 0.186 e. The monoisotopic (exact) mass is 446 g/mol. The summed E-state index contributed by atoms with van der Waals surface area (Å²) in [5.41, 5.74) is 1.66. The molecule has 130 valence electrons. The normalized spacial score (nSPS) is 24.8. The fraction of sp³-hybridized carbons (Fsp3) is 0.471. The summed E-state index contributed by atoms with van der Waals surface area (Å²) in [6, 6.07) is 3.53. The first kappa shape index (κ1) is 16.3. The van der Waals surface area contributed by atoms with E-state index in [2.05, 4.69) is 16.0 Å². The van der Waals surface area contributed by atoms with Crippen LogP contribution in [0.3, 0.4) is 0 Å². The number of hydrogen-bond acceptors (Lipinski definition) is 5. The highest BCUT2D eigenvalue weighted by Crippen LogP contribution is 2.44. The number of aliphatic hydroxyl groups excluding tert-OH is 1. The van der Waals surface area contributed by atoms with Crippen molar-refractivity contribution in [2.24, 2.45) is 5.41 Å². The van der Waals surface area contributed by atoms with Crippen LogP contribution in [0.1, 0.15) is 0 Å². The van der Waals surface area contributed by atoms with Crippen molar-refractivity contribution >= 4 is 36.6 Å². The quantitative estimate of drug-likeness (QED) is 0.717. The molecule has 24 heavy (non-hydrogen) atoms. The Balaban J connectivity index is 1.61. The number of hydrogen-bond donors (Lipinski definition) is 1. The van der Waals surface area contributed by atoms with Crippen molar-refractivity contribution in [3.63, 3.8) is 0 Å². The molecule has 3 aliphatic rings. The van der Waals surface area contributed by atoms with Crippen LogP contribution in [0.4, 0.5) is 15.8 Å². The van der Waals surface area contributed by atoms with Gasteiger partial charge in [0.1, 0.15) is 11.9 Å². The molecule has 0 radical (unpaired) electrons. The first-order chi connectivity index (χ1) is 11.5. The van der Waals surface area contributed by atoms with Gasteiger partial charge in [-0.15, -0.1) is 0 Å². The van der Waals surface area contributed by atoms with Gasteiger partial charge in [-0.2, -0.15) is 0 Å². The van der Waals surface area contributed by atoms with E-state index in [0.29, 0.717) is 18.1 Å². The van der Waals surface area contributed by atoms with Gasteiger partial charge in [0.05, 0.1) is 37.5 Å². The van der Waals surface area contributed by atoms with Gasteiger partial charge in [-0.25, -0.2) is 4.39 Å². The van der Waals surface area contributed by atoms with Gasteiger partial charge < -0.3 is 24.4 Å². The molecule has 5 nitrogen and oxygen atoms in total. The van der Waals surface area contributed by atoms with Crippen LogP contribution in [0.5, 0.6) is 0 Å². The van der Waals surface area contributed by atoms with Crippen molar-refractivity contribution in [1.29, 1.82) is 0 Å². The topological polar surface area (TPSA) is 45.2 Å². The summed E-state index contributed by atoms with van der Waals surface area (Å²) >= 11 is -0.524. The number of benzene rings is 1. The summed E-state index contributed by atoms with van der Waals surface area (Å²) in [7, 11) is 0. The Hall–Kier alpha value is -1.19. The van der Waals surface area contributed by atoms with E-state index >= 15 is 0 Å². The Morgan fingerprint density at radius 2 is 2.12 bits per heavy atom. The lowest BCUT2D eigenvalue weighted by Crippen LogP contribution is -2.66. The fourth-order valence-corrected chi connectivity index (χ4v) is 5.05. The molecule has 4 rings (SSSR count). The van der Waals surface area contributed by atoms with Crippen LogP contribution in [0.25, 0.3) is 0 Å². The van der Waals surface area contributed by atoms with Crippen LogP contribution >= 0.6 is 20.7 Å². The molecule has 1 aromatic carbocycles. The molecular weight excluding hydrogens is 426 g/mol. The third-order valence-electron chi connectivity index (χ3n) is 4.84. The first-order valence-corrected chi connectivity index (χ1v) is 10.4. The first-order valence-electron chi connectivity index (χ1n) is 7.84. The van der Waals surface area contributed by atoms with E-state index in [0.717, 1.165) is 35.6 Å². The highest BCUT2D eigenvalue weighted by molar-refractivity contribution is 14.2. The third-order valence-corrected chi connectivity index (χ3v) is 6.48. The summed E-state index contributed by atoms with van der Waals surface area (Å²) in [5, 5.41) is 9.25. The minimum Gasteiger partial charge on any atom is -0.472 e. The van der Waals surface area contributed by atoms with Gasteiger partial charge in [0.25, 0.3) is 0 Å². The molecule has 3 heterocycles. The van der Waals surface area contributed by atoms with Crippen molar-refractivity contribution in [2.75, 3.05) is 49.3 Å². The number of aliphatic hydroxyl groups is 1. The second-order valence-electron chi connectivity index (χ2n) is 6.67. The van der Waals surface area contributed by atoms with E-state index in [1.807, 2.05) is 11.0 Å². The number of halogens is 2. The number of anilines is 2. The standard InChI is InChI=1S/C17H20FIN2O3/c1-11-21(5-13(6-22)24-11)12-3-14(18)16(15(4-12)19-2)20-7-17(8-20)9-23-10-17/h3-4,13,22H,1-2,5-10H2. The maximum absolute atomic E-state index is 14.9. The van der Waals surface area contributed by atoms with Crippen molar-refractivity contribution in [3.05, 3.63) is 34.0 Å². The molecule has 0 amide bonds. The maximum atomic E-state index is 14.9. The largest absolute Gasteiger partial charge is 0.472 e. The summed E-state index contributed by atoms with van der Waals surface area (Å²) < 4.78 is 30.7. The van der Waals surface area contributed by atoms with Crippen LogP contribution < -0.4 is 9.80 Å². The molecule has 0 bridgehead atoms. The lowest BCUT2D eigenvalue weighted by atomic mass is 9.78. The van der Waals surface area contributed by atoms with Crippen molar-refractivity contribution < 1.29 is 19.0 Å². The van der Waals surface area contributed by atoms with E-state index < -0.39 is 20.7 Å². The predicted octanol–water partition coefficient (Wildman–Crippen LogP) is 1.90. The summed E-state index contributed by atoms with van der Waals surface area (Å²) in [6.07, 6.45) is -0.313. The molecule has 0 aromatic heterocycles. The molecule has 1 unspecified atom stereocenters. The molecule has 1 spiro atoms. The van der Waals surface area contributed by atoms with Crippen LogP contribution in [0.2, 0.25) is 0 Å². The zero-order chi connectivity index (χ0) is 16.9. The number of ether oxygens (including phenoxy) is 2. The van der Waals surface area contributed by atoms with E-state index in [1.54, 1.807) is 0 Å². The van der Waals surface area contributed by atoms with Crippen LogP contribution in [0, 0.1) is 14.8 Å². The van der Waals surface area contributed by atoms with Gasteiger partial charge in [0, 0.05) is 22.3 Å².